The van der Waals surface area contributed by atoms with Crippen LogP contribution in [-0.2, 0) is 6.54 Å². The maximum Gasteiger partial charge on any atom is 0.270 e. The van der Waals surface area contributed by atoms with Gasteiger partial charge in [0.2, 0.25) is 0 Å². The Morgan fingerprint density at radius 3 is 2.52 bits per heavy atom. The number of carbonyl (C=O) groups is 1. The van der Waals surface area contributed by atoms with Crippen LogP contribution in [0, 0.1) is 5.82 Å². The summed E-state index contributed by atoms with van der Waals surface area (Å²) in [6.07, 6.45) is 8.72. The monoisotopic (exact) mass is 342 g/mol. The van der Waals surface area contributed by atoms with Crippen molar-refractivity contribution in [2.45, 2.75) is 51.1 Å². The van der Waals surface area contributed by atoms with Crippen molar-refractivity contribution >= 4 is 11.7 Å². The second-order valence-electron chi connectivity index (χ2n) is 6.43. The molecule has 6 heteroatoms. The van der Waals surface area contributed by atoms with E-state index < -0.39 is 0 Å². The zero-order chi connectivity index (χ0) is 17.5. The van der Waals surface area contributed by atoms with Crippen molar-refractivity contribution in [2.24, 2.45) is 0 Å². The highest BCUT2D eigenvalue weighted by Crippen LogP contribution is 2.20. The molecule has 2 aromatic rings. The minimum absolute atomic E-state index is 0.268. The second kappa shape index (κ2) is 8.55. The summed E-state index contributed by atoms with van der Waals surface area (Å²) in [5.74, 6) is 0.129. The largest absolute Gasteiger partial charge is 0.367 e. The third kappa shape index (κ3) is 5.24. The smallest absolute Gasteiger partial charge is 0.270 e. The van der Waals surface area contributed by atoms with E-state index in [0.717, 1.165) is 18.4 Å². The lowest BCUT2D eigenvalue weighted by molar-refractivity contribution is 0.0946. The van der Waals surface area contributed by atoms with Crippen molar-refractivity contribution in [3.8, 4) is 0 Å². The van der Waals surface area contributed by atoms with E-state index in [1.165, 1.54) is 44.1 Å². The van der Waals surface area contributed by atoms with Crippen LogP contribution in [0.3, 0.4) is 0 Å². The Kier molecular flexibility index (Phi) is 5.93. The lowest BCUT2D eigenvalue weighted by Gasteiger charge is -2.17. The number of anilines is 1. The highest BCUT2D eigenvalue weighted by Gasteiger charge is 2.14. The summed E-state index contributed by atoms with van der Waals surface area (Å²) in [5.41, 5.74) is 1.16. The summed E-state index contributed by atoms with van der Waals surface area (Å²) in [6, 6.07) is 8.14. The van der Waals surface area contributed by atoms with Crippen LogP contribution in [0.4, 0.5) is 10.2 Å². The molecule has 1 saturated carbocycles. The van der Waals surface area contributed by atoms with Gasteiger partial charge in [-0.2, -0.15) is 0 Å². The summed E-state index contributed by atoms with van der Waals surface area (Å²) in [6.45, 7) is 0.328. The van der Waals surface area contributed by atoms with Gasteiger partial charge in [0, 0.05) is 18.7 Å². The van der Waals surface area contributed by atoms with E-state index in [0.29, 0.717) is 24.1 Å². The first-order chi connectivity index (χ1) is 12.2. The van der Waals surface area contributed by atoms with Gasteiger partial charge in [-0.15, -0.1) is 0 Å². The summed E-state index contributed by atoms with van der Waals surface area (Å²) in [7, 11) is 0. The number of nitrogens with one attached hydrogen (secondary N) is 2. The molecular formula is C19H23FN4O. The van der Waals surface area contributed by atoms with Gasteiger partial charge in [-0.25, -0.2) is 14.4 Å². The molecule has 1 aromatic heterocycles. The Balaban J connectivity index is 1.58. The summed E-state index contributed by atoms with van der Waals surface area (Å²) >= 11 is 0. The first-order valence-electron chi connectivity index (χ1n) is 8.82. The van der Waals surface area contributed by atoms with E-state index in [1.807, 2.05) is 0 Å². The van der Waals surface area contributed by atoms with Crippen molar-refractivity contribution in [1.82, 2.24) is 15.3 Å². The molecule has 1 aliphatic carbocycles. The van der Waals surface area contributed by atoms with Crippen LogP contribution in [-0.4, -0.2) is 21.9 Å². The number of hydrogen-bond donors (Lipinski definition) is 2. The normalized spacial score (nSPS) is 15.4. The van der Waals surface area contributed by atoms with E-state index in [4.69, 9.17) is 0 Å². The fraction of sp³-hybridized carbons (Fsp3) is 0.421. The molecule has 0 radical (unpaired) electrons. The van der Waals surface area contributed by atoms with Crippen molar-refractivity contribution in [2.75, 3.05) is 5.32 Å². The number of carbonyl (C=O) groups excluding carboxylic acids is 1. The zero-order valence-corrected chi connectivity index (χ0v) is 14.2. The molecule has 0 aliphatic heterocycles. The lowest BCUT2D eigenvalue weighted by atomic mass is 10.1. The molecule has 1 aromatic carbocycles. The van der Waals surface area contributed by atoms with Crippen LogP contribution in [0.15, 0.2) is 36.7 Å². The summed E-state index contributed by atoms with van der Waals surface area (Å²) < 4.78 is 12.9. The molecule has 0 bridgehead atoms. The van der Waals surface area contributed by atoms with Gasteiger partial charge in [0.25, 0.3) is 5.91 Å². The Labute approximate surface area is 147 Å². The molecule has 0 spiro atoms. The Bertz CT molecular complexity index is 697. The minimum atomic E-state index is -0.292. The van der Waals surface area contributed by atoms with Gasteiger partial charge in [-0.05, 0) is 30.5 Å². The average Bonchev–Trinajstić information content (AvgIpc) is 2.90. The molecule has 25 heavy (non-hydrogen) atoms. The average molecular weight is 342 g/mol. The zero-order valence-electron chi connectivity index (χ0n) is 14.2. The number of halogens is 1. The van der Waals surface area contributed by atoms with Gasteiger partial charge in [0.15, 0.2) is 0 Å². The minimum Gasteiger partial charge on any atom is -0.367 e. The van der Waals surface area contributed by atoms with Gasteiger partial charge in [-0.3, -0.25) is 4.79 Å². The number of amides is 1. The summed E-state index contributed by atoms with van der Waals surface area (Å²) in [5, 5.41) is 6.22. The predicted molar refractivity (Wildman–Crippen MR) is 94.7 cm³/mol. The van der Waals surface area contributed by atoms with Crippen LogP contribution in [0.25, 0.3) is 0 Å². The molecule has 1 fully saturated rings. The van der Waals surface area contributed by atoms with E-state index in [-0.39, 0.29) is 11.7 Å². The maximum atomic E-state index is 12.9. The van der Waals surface area contributed by atoms with E-state index >= 15 is 0 Å². The van der Waals surface area contributed by atoms with E-state index in [9.17, 15) is 9.18 Å². The number of rotatable bonds is 5. The molecule has 0 atom stereocenters. The molecule has 1 amide bonds. The fourth-order valence-corrected chi connectivity index (χ4v) is 3.07. The third-order valence-electron chi connectivity index (χ3n) is 4.47. The molecule has 1 aliphatic rings. The SMILES string of the molecule is O=C(NCc1ccc(F)cc1)c1cc(NC2CCCCCC2)ncn1. The predicted octanol–water partition coefficient (Wildman–Crippen LogP) is 3.68. The van der Waals surface area contributed by atoms with Crippen molar-refractivity contribution in [3.63, 3.8) is 0 Å². The highest BCUT2D eigenvalue weighted by molar-refractivity contribution is 5.92. The Hall–Kier alpha value is -2.50. The fourth-order valence-electron chi connectivity index (χ4n) is 3.07. The molecule has 3 rings (SSSR count). The molecule has 132 valence electrons. The maximum absolute atomic E-state index is 12.9. The van der Waals surface area contributed by atoms with Crippen LogP contribution in [0.1, 0.15) is 54.6 Å². The van der Waals surface area contributed by atoms with Crippen molar-refractivity contribution in [3.05, 3.63) is 53.7 Å². The highest BCUT2D eigenvalue weighted by atomic mass is 19.1. The molecule has 0 saturated heterocycles. The van der Waals surface area contributed by atoms with Crippen molar-refractivity contribution < 1.29 is 9.18 Å². The van der Waals surface area contributed by atoms with Crippen LogP contribution in [0.5, 0.6) is 0 Å². The van der Waals surface area contributed by atoms with Gasteiger partial charge >= 0.3 is 0 Å². The van der Waals surface area contributed by atoms with Crippen LogP contribution < -0.4 is 10.6 Å². The second-order valence-corrected chi connectivity index (χ2v) is 6.43. The third-order valence-corrected chi connectivity index (χ3v) is 4.47. The van der Waals surface area contributed by atoms with Gasteiger partial charge in [0.05, 0.1) is 0 Å². The van der Waals surface area contributed by atoms with E-state index in [2.05, 4.69) is 20.6 Å². The van der Waals surface area contributed by atoms with Crippen molar-refractivity contribution in [1.29, 1.82) is 0 Å². The first kappa shape index (κ1) is 17.3. The molecule has 5 nitrogen and oxygen atoms in total. The molecular weight excluding hydrogens is 319 g/mol. The number of aromatic nitrogens is 2. The first-order valence-corrected chi connectivity index (χ1v) is 8.82. The molecule has 0 unspecified atom stereocenters. The van der Waals surface area contributed by atoms with E-state index in [1.54, 1.807) is 18.2 Å². The Morgan fingerprint density at radius 2 is 1.80 bits per heavy atom. The standard InChI is InChI=1S/C19H23FN4O/c20-15-9-7-14(8-10-15)12-21-19(25)17-11-18(23-13-22-17)24-16-5-3-1-2-4-6-16/h7-11,13,16H,1-6,12H2,(H,21,25)(H,22,23,24). The van der Waals surface area contributed by atoms with Gasteiger partial charge in [-0.1, -0.05) is 37.8 Å². The molecule has 2 N–H and O–H groups in total. The van der Waals surface area contributed by atoms with Gasteiger partial charge in [0.1, 0.15) is 23.7 Å². The topological polar surface area (TPSA) is 66.9 Å². The van der Waals surface area contributed by atoms with Crippen LogP contribution >= 0.6 is 0 Å². The Morgan fingerprint density at radius 1 is 1.08 bits per heavy atom. The number of nitrogens with zero attached hydrogens (tertiary/aromatic N) is 2. The number of hydrogen-bond acceptors (Lipinski definition) is 4. The molecule has 1 heterocycles. The quantitative estimate of drug-likeness (QED) is 0.814. The summed E-state index contributed by atoms with van der Waals surface area (Å²) in [4.78, 5) is 20.6. The van der Waals surface area contributed by atoms with Gasteiger partial charge < -0.3 is 10.6 Å². The lowest BCUT2D eigenvalue weighted by Crippen LogP contribution is -2.25. The van der Waals surface area contributed by atoms with Crippen LogP contribution in [0.2, 0.25) is 0 Å². The number of benzene rings is 1.